The highest BCUT2D eigenvalue weighted by molar-refractivity contribution is 6.36. The van der Waals surface area contributed by atoms with Gasteiger partial charge in [-0.05, 0) is 53.6 Å². The third-order valence-electron chi connectivity index (χ3n) is 5.56. The topological polar surface area (TPSA) is 43.8 Å². The van der Waals surface area contributed by atoms with E-state index in [1.54, 1.807) is 41.3 Å². The number of amides is 1. The smallest absolute Gasteiger partial charge is 0.256 e. The van der Waals surface area contributed by atoms with Crippen molar-refractivity contribution in [1.82, 2.24) is 4.90 Å². The molecule has 1 unspecified atom stereocenters. The Morgan fingerprint density at radius 2 is 1.56 bits per heavy atom. The number of carbonyl (C=O) groups excluding carboxylic acids is 1. The Morgan fingerprint density at radius 1 is 0.875 bits per heavy atom. The van der Waals surface area contributed by atoms with Crippen molar-refractivity contribution < 1.29 is 9.90 Å². The molecule has 1 N–H and O–H groups in total. The van der Waals surface area contributed by atoms with Crippen LogP contribution in [0.2, 0.25) is 20.1 Å². The highest BCUT2D eigenvalue weighted by atomic mass is 35.5. The predicted molar refractivity (Wildman–Crippen MR) is 131 cm³/mol. The van der Waals surface area contributed by atoms with Crippen LogP contribution >= 0.6 is 46.4 Å². The molecule has 0 saturated carbocycles. The van der Waals surface area contributed by atoms with Gasteiger partial charge >= 0.3 is 0 Å². The van der Waals surface area contributed by atoms with Crippen LogP contribution in [-0.4, -0.2) is 35.5 Å². The van der Waals surface area contributed by atoms with Gasteiger partial charge in [-0.3, -0.25) is 4.79 Å². The number of aliphatic hydroxyl groups is 1. The number of piperazine rings is 1. The third kappa shape index (κ3) is 5.00. The number of hydrogen-bond donors (Lipinski definition) is 1. The molecule has 4 rings (SSSR count). The number of benzene rings is 3. The Balaban J connectivity index is 1.64. The van der Waals surface area contributed by atoms with Crippen molar-refractivity contribution in [3.05, 3.63) is 97.9 Å². The lowest BCUT2D eigenvalue weighted by atomic mass is 10.00. The van der Waals surface area contributed by atoms with Crippen molar-refractivity contribution in [2.45, 2.75) is 12.1 Å². The number of carbonyl (C=O) groups is 1. The fourth-order valence-corrected chi connectivity index (χ4v) is 4.79. The van der Waals surface area contributed by atoms with E-state index in [-0.39, 0.29) is 11.9 Å². The Labute approximate surface area is 206 Å². The molecule has 2 atom stereocenters. The summed E-state index contributed by atoms with van der Waals surface area (Å²) in [6.07, 6.45) is -1.29. The summed E-state index contributed by atoms with van der Waals surface area (Å²) in [7, 11) is 0. The van der Waals surface area contributed by atoms with E-state index in [1.165, 1.54) is 0 Å². The summed E-state index contributed by atoms with van der Waals surface area (Å²) in [5.74, 6) is -0.368. The highest BCUT2D eigenvalue weighted by Gasteiger charge is 2.34. The van der Waals surface area contributed by atoms with Crippen LogP contribution in [0.25, 0.3) is 0 Å². The van der Waals surface area contributed by atoms with Gasteiger partial charge in [0.25, 0.3) is 5.91 Å². The number of nitrogens with zero attached hydrogens (tertiary/aromatic N) is 2. The normalized spacial score (nSPS) is 17.3. The van der Waals surface area contributed by atoms with Gasteiger partial charge in [0.05, 0.1) is 16.8 Å². The van der Waals surface area contributed by atoms with Crippen LogP contribution in [0.3, 0.4) is 0 Å². The molecule has 0 radical (unpaired) electrons. The molecule has 0 spiro atoms. The lowest BCUT2D eigenvalue weighted by Gasteiger charge is -2.44. The minimum Gasteiger partial charge on any atom is -0.378 e. The van der Waals surface area contributed by atoms with Crippen LogP contribution in [0, 0.1) is 0 Å². The van der Waals surface area contributed by atoms with Gasteiger partial charge in [0.1, 0.15) is 0 Å². The molecule has 1 aliphatic heterocycles. The summed E-state index contributed by atoms with van der Waals surface area (Å²) in [5.41, 5.74) is 2.28. The summed E-state index contributed by atoms with van der Waals surface area (Å²) in [5, 5.41) is 12.9. The molecule has 0 bridgehead atoms. The van der Waals surface area contributed by atoms with E-state index in [2.05, 4.69) is 4.90 Å². The van der Waals surface area contributed by atoms with Crippen molar-refractivity contribution in [2.75, 3.05) is 24.5 Å². The summed E-state index contributed by atoms with van der Waals surface area (Å²) in [6, 6.07) is 19.4. The standard InChI is InChI=1S/C24H20Cl4N2O2/c25-17-6-4-15(5-7-17)22-14-29(24(32)23(31)16-2-1-3-18(26)12-16)10-11-30(22)21-9-8-19(27)13-20(21)28/h1-9,12-13,22-23,31H,10-11,14H2/t22-,23?/m0/s1. The maximum atomic E-state index is 13.1. The molecule has 3 aromatic carbocycles. The van der Waals surface area contributed by atoms with E-state index in [4.69, 9.17) is 46.4 Å². The molecule has 1 aliphatic rings. The summed E-state index contributed by atoms with van der Waals surface area (Å²) >= 11 is 24.7. The number of hydrogen-bond acceptors (Lipinski definition) is 3. The second-order valence-electron chi connectivity index (χ2n) is 7.60. The van der Waals surface area contributed by atoms with Crippen molar-refractivity contribution in [2.24, 2.45) is 0 Å². The van der Waals surface area contributed by atoms with Crippen LogP contribution in [0.4, 0.5) is 5.69 Å². The van der Waals surface area contributed by atoms with Gasteiger partial charge in [-0.15, -0.1) is 0 Å². The molecular weight excluding hydrogens is 490 g/mol. The molecule has 32 heavy (non-hydrogen) atoms. The number of anilines is 1. The minimum atomic E-state index is -1.29. The fraction of sp³-hybridized carbons (Fsp3) is 0.208. The lowest BCUT2D eigenvalue weighted by molar-refractivity contribution is -0.141. The molecule has 1 fully saturated rings. The quantitative estimate of drug-likeness (QED) is 0.441. The van der Waals surface area contributed by atoms with Gasteiger partial charge in [-0.25, -0.2) is 0 Å². The molecule has 1 saturated heterocycles. The third-order valence-corrected chi connectivity index (χ3v) is 6.59. The van der Waals surface area contributed by atoms with E-state index < -0.39 is 6.10 Å². The monoisotopic (exact) mass is 508 g/mol. The zero-order valence-electron chi connectivity index (χ0n) is 16.9. The first-order valence-electron chi connectivity index (χ1n) is 10.0. The zero-order chi connectivity index (χ0) is 22.8. The van der Waals surface area contributed by atoms with Gasteiger partial charge in [0, 0.05) is 34.7 Å². The van der Waals surface area contributed by atoms with Crippen LogP contribution in [0.15, 0.2) is 66.7 Å². The van der Waals surface area contributed by atoms with Crippen molar-refractivity contribution in [1.29, 1.82) is 0 Å². The Bertz CT molecular complexity index is 1120. The Kier molecular flexibility index (Phi) is 7.18. The second kappa shape index (κ2) is 9.90. The van der Waals surface area contributed by atoms with E-state index in [0.717, 1.165) is 11.3 Å². The van der Waals surface area contributed by atoms with Gasteiger partial charge in [-0.1, -0.05) is 70.7 Å². The maximum absolute atomic E-state index is 13.1. The maximum Gasteiger partial charge on any atom is 0.256 e. The van der Waals surface area contributed by atoms with Gasteiger partial charge in [0.2, 0.25) is 0 Å². The number of rotatable bonds is 4. The summed E-state index contributed by atoms with van der Waals surface area (Å²) < 4.78 is 0. The van der Waals surface area contributed by atoms with Crippen LogP contribution in [0.1, 0.15) is 23.3 Å². The van der Waals surface area contributed by atoms with Crippen molar-refractivity contribution in [3.8, 4) is 0 Å². The van der Waals surface area contributed by atoms with Gasteiger partial charge < -0.3 is 14.9 Å². The zero-order valence-corrected chi connectivity index (χ0v) is 19.9. The fourth-order valence-electron chi connectivity index (χ4n) is 3.95. The van der Waals surface area contributed by atoms with Crippen molar-refractivity contribution >= 4 is 58.0 Å². The lowest BCUT2D eigenvalue weighted by Crippen LogP contribution is -2.51. The molecular formula is C24H20Cl4N2O2. The summed E-state index contributed by atoms with van der Waals surface area (Å²) in [6.45, 7) is 1.33. The van der Waals surface area contributed by atoms with Crippen LogP contribution in [0.5, 0.6) is 0 Å². The van der Waals surface area contributed by atoms with Crippen LogP contribution in [-0.2, 0) is 4.79 Å². The highest BCUT2D eigenvalue weighted by Crippen LogP contribution is 2.37. The first-order valence-corrected chi connectivity index (χ1v) is 11.5. The van der Waals surface area contributed by atoms with E-state index >= 15 is 0 Å². The molecule has 0 aliphatic carbocycles. The Hall–Kier alpha value is -1.95. The molecule has 0 aromatic heterocycles. The van der Waals surface area contributed by atoms with Gasteiger partial charge in [-0.2, -0.15) is 0 Å². The van der Waals surface area contributed by atoms with E-state index in [9.17, 15) is 9.90 Å². The molecule has 3 aromatic rings. The van der Waals surface area contributed by atoms with Crippen molar-refractivity contribution in [3.63, 3.8) is 0 Å². The first kappa shape index (κ1) is 23.2. The second-order valence-corrected chi connectivity index (χ2v) is 9.31. The average molecular weight is 510 g/mol. The predicted octanol–water partition coefficient (Wildman–Crippen LogP) is 6.42. The first-order chi connectivity index (χ1) is 15.3. The van der Waals surface area contributed by atoms with E-state index in [0.29, 0.717) is 45.3 Å². The SMILES string of the molecule is O=C(C(O)c1cccc(Cl)c1)N1CCN(c2ccc(Cl)cc2Cl)[C@H](c2ccc(Cl)cc2)C1. The van der Waals surface area contributed by atoms with E-state index in [1.807, 2.05) is 30.3 Å². The molecule has 1 heterocycles. The minimum absolute atomic E-state index is 0.185. The molecule has 4 nitrogen and oxygen atoms in total. The molecule has 1 amide bonds. The van der Waals surface area contributed by atoms with Gasteiger partial charge in [0.15, 0.2) is 6.10 Å². The summed E-state index contributed by atoms with van der Waals surface area (Å²) in [4.78, 5) is 17.0. The molecule has 166 valence electrons. The average Bonchev–Trinajstić information content (AvgIpc) is 2.78. The number of aliphatic hydroxyl groups excluding tert-OH is 1. The Morgan fingerprint density at radius 3 is 2.25 bits per heavy atom. The molecule has 8 heteroatoms. The number of halogens is 4. The largest absolute Gasteiger partial charge is 0.378 e. The van der Waals surface area contributed by atoms with Crippen LogP contribution < -0.4 is 4.90 Å².